The third-order valence-corrected chi connectivity index (χ3v) is 1.80. The van der Waals surface area contributed by atoms with Gasteiger partial charge in [-0.15, -0.1) is 0 Å². The van der Waals surface area contributed by atoms with Crippen LogP contribution in [0, 0.1) is 0 Å². The molecule has 4 heteroatoms. The fourth-order valence-electron chi connectivity index (χ4n) is 0.957. The monoisotopic (exact) mass is 180 g/mol. The van der Waals surface area contributed by atoms with Gasteiger partial charge in [-0.05, 0) is 19.1 Å². The number of pyridine rings is 1. The van der Waals surface area contributed by atoms with Gasteiger partial charge in [-0.25, -0.2) is 0 Å². The number of hydrogen-bond donors (Lipinski definition) is 2. The van der Waals surface area contributed by atoms with Crippen LogP contribution >= 0.6 is 0 Å². The van der Waals surface area contributed by atoms with Crippen LogP contribution in [0.2, 0.25) is 0 Å². The summed E-state index contributed by atoms with van der Waals surface area (Å²) in [6, 6.07) is 4.20. The van der Waals surface area contributed by atoms with E-state index in [2.05, 4.69) is 4.98 Å². The number of ketones is 1. The minimum Gasteiger partial charge on any atom is -0.385 e. The van der Waals surface area contributed by atoms with Crippen molar-refractivity contribution in [2.75, 3.05) is 0 Å². The molecule has 2 unspecified atom stereocenters. The lowest BCUT2D eigenvalue weighted by Gasteiger charge is -2.14. The Bertz CT molecular complexity index is 287. The van der Waals surface area contributed by atoms with E-state index in [4.69, 9.17) is 5.73 Å². The number of carbonyl (C=O) groups excluding carboxylic acids is 1. The molecule has 0 bridgehead atoms. The average molecular weight is 180 g/mol. The van der Waals surface area contributed by atoms with Gasteiger partial charge in [-0.2, -0.15) is 0 Å². The zero-order valence-electron chi connectivity index (χ0n) is 7.34. The standard InChI is InChI=1S/C9H12N2O2/c1-6(12)8(10)9(13)7-4-2-3-5-11-7/h2-5,8-9,13H,10H2,1H3. The number of nitrogens with two attached hydrogens (primary N) is 1. The van der Waals surface area contributed by atoms with Gasteiger partial charge in [-0.3, -0.25) is 9.78 Å². The second-order valence-electron chi connectivity index (χ2n) is 2.84. The molecule has 0 spiro atoms. The Morgan fingerprint density at radius 1 is 1.62 bits per heavy atom. The lowest BCUT2D eigenvalue weighted by molar-refractivity contribution is -0.120. The Balaban J connectivity index is 2.79. The number of aliphatic hydroxyl groups is 1. The molecule has 0 amide bonds. The van der Waals surface area contributed by atoms with Crippen molar-refractivity contribution in [3.8, 4) is 0 Å². The minimum absolute atomic E-state index is 0.252. The zero-order valence-corrected chi connectivity index (χ0v) is 7.34. The molecule has 0 aliphatic rings. The van der Waals surface area contributed by atoms with Gasteiger partial charge < -0.3 is 10.8 Å². The highest BCUT2D eigenvalue weighted by Gasteiger charge is 2.21. The summed E-state index contributed by atoms with van der Waals surface area (Å²) in [5.74, 6) is -0.252. The lowest BCUT2D eigenvalue weighted by Crippen LogP contribution is -2.35. The van der Waals surface area contributed by atoms with Crippen molar-refractivity contribution >= 4 is 5.78 Å². The van der Waals surface area contributed by atoms with Crippen molar-refractivity contribution in [1.82, 2.24) is 4.98 Å². The summed E-state index contributed by atoms with van der Waals surface area (Å²) in [4.78, 5) is 14.7. The van der Waals surface area contributed by atoms with Gasteiger partial charge in [0.25, 0.3) is 0 Å². The largest absolute Gasteiger partial charge is 0.385 e. The molecule has 0 aliphatic carbocycles. The van der Waals surface area contributed by atoms with Crippen LogP contribution in [0.3, 0.4) is 0 Å². The first-order valence-electron chi connectivity index (χ1n) is 3.98. The van der Waals surface area contributed by atoms with Crippen molar-refractivity contribution < 1.29 is 9.90 Å². The third-order valence-electron chi connectivity index (χ3n) is 1.80. The maximum Gasteiger partial charge on any atom is 0.149 e. The predicted molar refractivity (Wildman–Crippen MR) is 47.9 cm³/mol. The van der Waals surface area contributed by atoms with Gasteiger partial charge >= 0.3 is 0 Å². The second kappa shape index (κ2) is 4.11. The number of Topliss-reactive ketones (excluding diaryl/α,β-unsaturated/α-hetero) is 1. The van der Waals surface area contributed by atoms with E-state index < -0.39 is 12.1 Å². The molecule has 0 radical (unpaired) electrons. The Labute approximate surface area is 76.4 Å². The van der Waals surface area contributed by atoms with Gasteiger partial charge in [0, 0.05) is 6.20 Å². The fraction of sp³-hybridized carbons (Fsp3) is 0.333. The summed E-state index contributed by atoms with van der Waals surface area (Å²) in [5.41, 5.74) is 5.87. The SMILES string of the molecule is CC(=O)C(N)C(O)c1ccccn1. The van der Waals surface area contributed by atoms with Gasteiger partial charge in [0.15, 0.2) is 0 Å². The maximum absolute atomic E-state index is 10.8. The van der Waals surface area contributed by atoms with E-state index in [-0.39, 0.29) is 5.78 Å². The molecule has 1 rings (SSSR count). The van der Waals surface area contributed by atoms with Gasteiger partial charge in [0.1, 0.15) is 11.9 Å². The molecule has 3 N–H and O–H groups in total. The average Bonchev–Trinajstić information content (AvgIpc) is 2.17. The number of nitrogens with zero attached hydrogens (tertiary/aromatic N) is 1. The minimum atomic E-state index is -1.02. The van der Waals surface area contributed by atoms with Crippen molar-refractivity contribution in [2.45, 2.75) is 19.1 Å². The topological polar surface area (TPSA) is 76.2 Å². The zero-order chi connectivity index (χ0) is 9.84. The van der Waals surface area contributed by atoms with E-state index in [0.29, 0.717) is 5.69 Å². The first kappa shape index (κ1) is 9.83. The van der Waals surface area contributed by atoms with Gasteiger partial charge in [0.05, 0.1) is 11.7 Å². The number of carbonyl (C=O) groups is 1. The molecule has 1 aromatic rings. The lowest BCUT2D eigenvalue weighted by atomic mass is 10.1. The second-order valence-corrected chi connectivity index (χ2v) is 2.84. The number of rotatable bonds is 3. The molecule has 0 aromatic carbocycles. The first-order chi connectivity index (χ1) is 6.13. The number of hydrogen-bond acceptors (Lipinski definition) is 4. The maximum atomic E-state index is 10.8. The molecule has 1 aromatic heterocycles. The Hall–Kier alpha value is -1.26. The van der Waals surface area contributed by atoms with E-state index in [0.717, 1.165) is 0 Å². The quantitative estimate of drug-likeness (QED) is 0.688. The van der Waals surface area contributed by atoms with E-state index in [1.807, 2.05) is 0 Å². The Morgan fingerprint density at radius 3 is 2.77 bits per heavy atom. The molecule has 70 valence electrons. The molecule has 0 fully saturated rings. The van der Waals surface area contributed by atoms with E-state index in [1.165, 1.54) is 6.92 Å². The number of aliphatic hydroxyl groups excluding tert-OH is 1. The van der Waals surface area contributed by atoms with Crippen LogP contribution in [0.1, 0.15) is 18.7 Å². The Kier molecular flexibility index (Phi) is 3.11. The predicted octanol–water partition coefficient (Wildman–Crippen LogP) is 0.0313. The van der Waals surface area contributed by atoms with Crippen LogP contribution in [-0.4, -0.2) is 21.9 Å². The molecule has 0 saturated heterocycles. The van der Waals surface area contributed by atoms with Crippen molar-refractivity contribution in [2.24, 2.45) is 5.73 Å². The molecule has 1 heterocycles. The van der Waals surface area contributed by atoms with Crippen LogP contribution in [-0.2, 0) is 4.79 Å². The van der Waals surface area contributed by atoms with Crippen molar-refractivity contribution in [3.63, 3.8) is 0 Å². The number of aromatic nitrogens is 1. The third kappa shape index (κ3) is 2.34. The first-order valence-corrected chi connectivity index (χ1v) is 3.98. The summed E-state index contributed by atoms with van der Waals surface area (Å²) in [6.07, 6.45) is 0.532. The molecule has 4 nitrogen and oxygen atoms in total. The van der Waals surface area contributed by atoms with E-state index in [9.17, 15) is 9.90 Å². The normalized spacial score (nSPS) is 15.0. The van der Waals surface area contributed by atoms with Crippen molar-refractivity contribution in [3.05, 3.63) is 30.1 Å². The van der Waals surface area contributed by atoms with Gasteiger partial charge in [0.2, 0.25) is 0 Å². The molecular formula is C9H12N2O2. The van der Waals surface area contributed by atoms with Crippen LogP contribution in [0.4, 0.5) is 0 Å². The van der Waals surface area contributed by atoms with E-state index >= 15 is 0 Å². The summed E-state index contributed by atoms with van der Waals surface area (Å²) in [7, 11) is 0. The molecular weight excluding hydrogens is 168 g/mol. The van der Waals surface area contributed by atoms with Crippen LogP contribution in [0.5, 0.6) is 0 Å². The molecule has 13 heavy (non-hydrogen) atoms. The highest BCUT2D eigenvalue weighted by molar-refractivity contribution is 5.81. The highest BCUT2D eigenvalue weighted by Crippen LogP contribution is 2.12. The molecule has 0 saturated carbocycles. The van der Waals surface area contributed by atoms with Crippen LogP contribution < -0.4 is 5.73 Å². The van der Waals surface area contributed by atoms with Gasteiger partial charge in [-0.1, -0.05) is 6.07 Å². The fourth-order valence-corrected chi connectivity index (χ4v) is 0.957. The molecule has 0 aliphatic heterocycles. The summed E-state index contributed by atoms with van der Waals surface area (Å²) in [6.45, 7) is 1.34. The van der Waals surface area contributed by atoms with E-state index in [1.54, 1.807) is 24.4 Å². The summed E-state index contributed by atoms with van der Waals surface area (Å²) < 4.78 is 0. The van der Waals surface area contributed by atoms with Crippen molar-refractivity contribution in [1.29, 1.82) is 0 Å². The summed E-state index contributed by atoms with van der Waals surface area (Å²) in [5, 5.41) is 9.55. The van der Waals surface area contributed by atoms with Crippen LogP contribution in [0.15, 0.2) is 24.4 Å². The Morgan fingerprint density at radius 2 is 2.31 bits per heavy atom. The summed E-state index contributed by atoms with van der Waals surface area (Å²) >= 11 is 0. The van der Waals surface area contributed by atoms with Crippen LogP contribution in [0.25, 0.3) is 0 Å². The highest BCUT2D eigenvalue weighted by atomic mass is 16.3. The smallest absolute Gasteiger partial charge is 0.149 e. The molecule has 2 atom stereocenters.